The van der Waals surface area contributed by atoms with Crippen LogP contribution in [0.3, 0.4) is 0 Å². The lowest BCUT2D eigenvalue weighted by atomic mass is 10.3. The van der Waals surface area contributed by atoms with Gasteiger partial charge in [0.15, 0.2) is 0 Å². The molecule has 2 heterocycles. The van der Waals surface area contributed by atoms with Crippen molar-refractivity contribution in [2.24, 2.45) is 0 Å². The number of aryl methyl sites for hydroxylation is 1. The predicted molar refractivity (Wildman–Crippen MR) is 63.3 cm³/mol. The first-order valence-corrected chi connectivity index (χ1v) is 5.87. The van der Waals surface area contributed by atoms with Gasteiger partial charge in [0, 0.05) is 23.6 Å². The first-order valence-electron chi connectivity index (χ1n) is 4.64. The highest BCUT2D eigenvalue weighted by molar-refractivity contribution is 9.10. The predicted octanol–water partition coefficient (Wildman–Crippen LogP) is 2.50. The van der Waals surface area contributed by atoms with Crippen molar-refractivity contribution in [3.05, 3.63) is 22.3 Å². The third kappa shape index (κ3) is 2.16. The van der Waals surface area contributed by atoms with Gasteiger partial charge in [0.05, 0.1) is 5.38 Å². The maximum atomic E-state index is 11.6. The molecule has 80 valence electrons. The van der Waals surface area contributed by atoms with Gasteiger partial charge in [0.1, 0.15) is 5.82 Å². The van der Waals surface area contributed by atoms with Crippen molar-refractivity contribution in [1.82, 2.24) is 4.98 Å². The van der Waals surface area contributed by atoms with Gasteiger partial charge in [-0.15, -0.1) is 11.6 Å². The molecule has 1 aromatic rings. The van der Waals surface area contributed by atoms with E-state index in [-0.39, 0.29) is 11.3 Å². The highest BCUT2D eigenvalue weighted by Crippen LogP contribution is 2.26. The van der Waals surface area contributed by atoms with Crippen LogP contribution >= 0.6 is 27.5 Å². The van der Waals surface area contributed by atoms with Crippen molar-refractivity contribution in [3.8, 4) is 0 Å². The quantitative estimate of drug-likeness (QED) is 0.744. The second-order valence-electron chi connectivity index (χ2n) is 3.60. The van der Waals surface area contributed by atoms with E-state index in [9.17, 15) is 4.79 Å². The SMILES string of the molecule is Cc1cc(Br)cnc1N1CC(Cl)CC1=O. The van der Waals surface area contributed by atoms with E-state index in [2.05, 4.69) is 20.9 Å². The molecule has 2 rings (SSSR count). The summed E-state index contributed by atoms with van der Waals surface area (Å²) in [4.78, 5) is 17.5. The molecule has 1 amide bonds. The molecule has 1 aliphatic heterocycles. The molecule has 1 unspecified atom stereocenters. The summed E-state index contributed by atoms with van der Waals surface area (Å²) in [5, 5.41) is -0.0950. The van der Waals surface area contributed by atoms with E-state index in [4.69, 9.17) is 11.6 Å². The van der Waals surface area contributed by atoms with Crippen LogP contribution in [0.1, 0.15) is 12.0 Å². The average Bonchev–Trinajstić information content (AvgIpc) is 2.45. The van der Waals surface area contributed by atoms with Crippen molar-refractivity contribution in [2.75, 3.05) is 11.4 Å². The van der Waals surface area contributed by atoms with Gasteiger partial charge in [-0.05, 0) is 34.5 Å². The van der Waals surface area contributed by atoms with E-state index in [0.717, 1.165) is 10.0 Å². The van der Waals surface area contributed by atoms with Gasteiger partial charge in [-0.25, -0.2) is 4.98 Å². The molecule has 0 spiro atoms. The number of carbonyl (C=O) groups excluding carboxylic acids is 1. The number of carbonyl (C=O) groups is 1. The molecule has 0 saturated carbocycles. The van der Waals surface area contributed by atoms with Gasteiger partial charge in [-0.1, -0.05) is 0 Å². The summed E-state index contributed by atoms with van der Waals surface area (Å²) in [5.74, 6) is 0.763. The number of alkyl halides is 1. The molecule has 1 aromatic heterocycles. The normalized spacial score (nSPS) is 21.1. The Kier molecular flexibility index (Phi) is 2.98. The second-order valence-corrected chi connectivity index (χ2v) is 5.13. The molecule has 3 nitrogen and oxygen atoms in total. The number of amides is 1. The minimum atomic E-state index is -0.0950. The van der Waals surface area contributed by atoms with E-state index >= 15 is 0 Å². The lowest BCUT2D eigenvalue weighted by Gasteiger charge is -2.16. The smallest absolute Gasteiger partial charge is 0.229 e. The summed E-state index contributed by atoms with van der Waals surface area (Å²) in [6.07, 6.45) is 2.09. The van der Waals surface area contributed by atoms with Gasteiger partial charge in [0.25, 0.3) is 0 Å². The van der Waals surface area contributed by atoms with E-state index in [1.807, 2.05) is 13.0 Å². The Labute approximate surface area is 102 Å². The Morgan fingerprint density at radius 3 is 2.93 bits per heavy atom. The van der Waals surface area contributed by atoms with Crippen LogP contribution in [0.5, 0.6) is 0 Å². The van der Waals surface area contributed by atoms with Crippen molar-refractivity contribution < 1.29 is 4.79 Å². The number of halogens is 2. The number of nitrogens with zero attached hydrogens (tertiary/aromatic N) is 2. The Hall–Kier alpha value is -0.610. The molecule has 1 saturated heterocycles. The number of hydrogen-bond donors (Lipinski definition) is 0. The average molecular weight is 290 g/mol. The van der Waals surface area contributed by atoms with Crippen LogP contribution < -0.4 is 4.90 Å². The van der Waals surface area contributed by atoms with Crippen LogP contribution in [-0.4, -0.2) is 22.8 Å². The minimum absolute atomic E-state index is 0.0490. The Bertz CT molecular complexity index is 410. The fourth-order valence-corrected chi connectivity index (χ4v) is 2.40. The van der Waals surface area contributed by atoms with Gasteiger partial charge >= 0.3 is 0 Å². The topological polar surface area (TPSA) is 33.2 Å². The summed E-state index contributed by atoms with van der Waals surface area (Å²) in [5.41, 5.74) is 0.975. The number of aromatic nitrogens is 1. The minimum Gasteiger partial charge on any atom is -0.295 e. The maximum absolute atomic E-state index is 11.6. The van der Waals surface area contributed by atoms with E-state index in [1.165, 1.54) is 0 Å². The van der Waals surface area contributed by atoms with Crippen molar-refractivity contribution >= 4 is 39.3 Å². The lowest BCUT2D eigenvalue weighted by Crippen LogP contribution is -2.26. The molecule has 1 atom stereocenters. The van der Waals surface area contributed by atoms with Crippen LogP contribution in [-0.2, 0) is 4.79 Å². The summed E-state index contributed by atoms with van der Waals surface area (Å²) in [6, 6.07) is 1.94. The monoisotopic (exact) mass is 288 g/mol. The fraction of sp³-hybridized carbons (Fsp3) is 0.400. The number of pyridine rings is 1. The summed E-state index contributed by atoms with van der Waals surface area (Å²) in [6.45, 7) is 2.48. The molecule has 0 bridgehead atoms. The van der Waals surface area contributed by atoms with Gasteiger partial charge < -0.3 is 0 Å². The Morgan fingerprint density at radius 1 is 1.67 bits per heavy atom. The molecule has 1 fully saturated rings. The molecule has 0 aromatic carbocycles. The van der Waals surface area contributed by atoms with E-state index < -0.39 is 0 Å². The lowest BCUT2D eigenvalue weighted by molar-refractivity contribution is -0.117. The highest BCUT2D eigenvalue weighted by Gasteiger charge is 2.30. The first-order chi connectivity index (χ1) is 7.08. The van der Waals surface area contributed by atoms with Gasteiger partial charge in [-0.2, -0.15) is 0 Å². The van der Waals surface area contributed by atoms with Crippen LogP contribution in [0.25, 0.3) is 0 Å². The van der Waals surface area contributed by atoms with Crippen LogP contribution in [0.15, 0.2) is 16.7 Å². The number of rotatable bonds is 1. The van der Waals surface area contributed by atoms with Crippen LogP contribution in [0.2, 0.25) is 0 Å². The molecule has 5 heteroatoms. The third-order valence-corrected chi connectivity index (χ3v) is 3.08. The zero-order chi connectivity index (χ0) is 11.0. The largest absolute Gasteiger partial charge is 0.295 e. The van der Waals surface area contributed by atoms with Crippen molar-refractivity contribution in [3.63, 3.8) is 0 Å². The van der Waals surface area contributed by atoms with Crippen LogP contribution in [0, 0.1) is 6.92 Å². The van der Waals surface area contributed by atoms with Gasteiger partial charge in [-0.3, -0.25) is 9.69 Å². The summed E-state index contributed by atoms with van der Waals surface area (Å²) in [7, 11) is 0. The molecular weight excluding hydrogens is 279 g/mol. The summed E-state index contributed by atoms with van der Waals surface area (Å²) < 4.78 is 0.915. The first kappa shape index (κ1) is 10.9. The van der Waals surface area contributed by atoms with Crippen LogP contribution in [0.4, 0.5) is 5.82 Å². The zero-order valence-electron chi connectivity index (χ0n) is 8.20. The summed E-state index contributed by atoms with van der Waals surface area (Å²) >= 11 is 9.28. The molecule has 1 aliphatic rings. The van der Waals surface area contributed by atoms with E-state index in [1.54, 1.807) is 11.1 Å². The Balaban J connectivity index is 2.34. The Morgan fingerprint density at radius 2 is 2.40 bits per heavy atom. The zero-order valence-corrected chi connectivity index (χ0v) is 10.5. The highest BCUT2D eigenvalue weighted by atomic mass is 79.9. The molecule has 0 radical (unpaired) electrons. The number of anilines is 1. The fourth-order valence-electron chi connectivity index (χ4n) is 1.68. The number of hydrogen-bond acceptors (Lipinski definition) is 2. The molecule has 15 heavy (non-hydrogen) atoms. The maximum Gasteiger partial charge on any atom is 0.229 e. The molecular formula is C10H10BrClN2O. The van der Waals surface area contributed by atoms with Crippen molar-refractivity contribution in [2.45, 2.75) is 18.7 Å². The molecule has 0 aliphatic carbocycles. The third-order valence-electron chi connectivity index (χ3n) is 2.35. The standard InChI is InChI=1S/C10H10BrClN2O/c1-6-2-7(11)4-13-10(6)14-5-8(12)3-9(14)15/h2,4,8H,3,5H2,1H3. The van der Waals surface area contributed by atoms with Gasteiger partial charge in [0.2, 0.25) is 5.91 Å². The van der Waals surface area contributed by atoms with Crippen molar-refractivity contribution in [1.29, 1.82) is 0 Å². The second kappa shape index (κ2) is 4.10. The molecule has 0 N–H and O–H groups in total. The van der Waals surface area contributed by atoms with E-state index in [0.29, 0.717) is 18.8 Å².